The van der Waals surface area contributed by atoms with Gasteiger partial charge in [0.15, 0.2) is 0 Å². The number of anilines is 1. The third-order valence-corrected chi connectivity index (χ3v) is 5.69. The maximum atomic E-state index is 12.6. The normalized spacial score (nSPS) is 11.0. The minimum absolute atomic E-state index is 0.169. The van der Waals surface area contributed by atoms with Crippen molar-refractivity contribution in [2.24, 2.45) is 0 Å². The Morgan fingerprint density at radius 1 is 1.33 bits per heavy atom. The molecule has 1 aromatic heterocycles. The van der Waals surface area contributed by atoms with Crippen LogP contribution in [0.15, 0.2) is 23.8 Å². The number of carbonyl (C=O) groups is 2. The van der Waals surface area contributed by atoms with Crippen molar-refractivity contribution in [3.05, 3.63) is 55.4 Å². The Labute approximate surface area is 171 Å². The second kappa shape index (κ2) is 9.05. The molecule has 0 unspecified atom stereocenters. The lowest BCUT2D eigenvalue weighted by molar-refractivity contribution is -0.112. The summed E-state index contributed by atoms with van der Waals surface area (Å²) in [5.41, 5.74) is 1.30. The van der Waals surface area contributed by atoms with Crippen molar-refractivity contribution in [2.75, 3.05) is 11.9 Å². The van der Waals surface area contributed by atoms with E-state index in [1.807, 2.05) is 13.0 Å². The molecule has 27 heavy (non-hydrogen) atoms. The van der Waals surface area contributed by atoms with Crippen LogP contribution in [-0.2, 0) is 9.53 Å². The molecular formula is C19H16Cl2N2O3S. The molecule has 0 fully saturated rings. The second-order valence-electron chi connectivity index (χ2n) is 5.47. The molecule has 140 valence electrons. The van der Waals surface area contributed by atoms with Crippen LogP contribution >= 0.6 is 34.5 Å². The number of esters is 1. The van der Waals surface area contributed by atoms with Crippen LogP contribution in [0.4, 0.5) is 5.00 Å². The molecule has 1 N–H and O–H groups in total. The number of nitrogens with one attached hydrogen (secondary N) is 1. The third kappa shape index (κ3) is 4.69. The van der Waals surface area contributed by atoms with Gasteiger partial charge in [-0.1, -0.05) is 35.3 Å². The van der Waals surface area contributed by atoms with E-state index in [9.17, 15) is 14.9 Å². The molecule has 0 saturated carbocycles. The van der Waals surface area contributed by atoms with Gasteiger partial charge in [-0.05, 0) is 44.0 Å². The molecule has 1 heterocycles. The SMILES string of the molecule is CCOC(=O)c1c(NC(=O)/C(C#N)=C/c2cccc(Cl)c2Cl)sc(C)c1C. The van der Waals surface area contributed by atoms with Crippen LogP contribution < -0.4 is 5.32 Å². The van der Waals surface area contributed by atoms with Gasteiger partial charge >= 0.3 is 5.97 Å². The molecule has 0 bridgehead atoms. The average molecular weight is 423 g/mol. The Morgan fingerprint density at radius 2 is 2.04 bits per heavy atom. The van der Waals surface area contributed by atoms with Crippen molar-refractivity contribution in [1.82, 2.24) is 0 Å². The van der Waals surface area contributed by atoms with E-state index in [0.29, 0.717) is 21.2 Å². The number of rotatable bonds is 5. The van der Waals surface area contributed by atoms with Crippen LogP contribution in [0, 0.1) is 25.2 Å². The summed E-state index contributed by atoms with van der Waals surface area (Å²) in [6.07, 6.45) is 1.35. The Bertz CT molecular complexity index is 974. The molecule has 0 aliphatic carbocycles. The number of benzene rings is 1. The van der Waals surface area contributed by atoms with E-state index in [1.165, 1.54) is 17.4 Å². The zero-order valence-corrected chi connectivity index (χ0v) is 17.2. The maximum Gasteiger partial charge on any atom is 0.341 e. The number of nitriles is 1. The Balaban J connectivity index is 2.37. The van der Waals surface area contributed by atoms with Gasteiger partial charge in [-0.25, -0.2) is 4.79 Å². The summed E-state index contributed by atoms with van der Waals surface area (Å²) >= 11 is 13.3. The molecule has 0 atom stereocenters. The van der Waals surface area contributed by atoms with E-state index in [4.69, 9.17) is 27.9 Å². The monoisotopic (exact) mass is 422 g/mol. The van der Waals surface area contributed by atoms with Gasteiger partial charge in [0, 0.05) is 4.88 Å². The highest BCUT2D eigenvalue weighted by atomic mass is 35.5. The molecule has 8 heteroatoms. The van der Waals surface area contributed by atoms with Crippen LogP contribution in [0.2, 0.25) is 10.0 Å². The van der Waals surface area contributed by atoms with Crippen LogP contribution in [0.3, 0.4) is 0 Å². The van der Waals surface area contributed by atoms with Gasteiger partial charge in [-0.3, -0.25) is 4.79 Å². The molecule has 0 radical (unpaired) electrons. The van der Waals surface area contributed by atoms with Gasteiger partial charge < -0.3 is 10.1 Å². The minimum Gasteiger partial charge on any atom is -0.462 e. The zero-order chi connectivity index (χ0) is 20.1. The van der Waals surface area contributed by atoms with Crippen molar-refractivity contribution >= 4 is 57.5 Å². The van der Waals surface area contributed by atoms with Crippen molar-refractivity contribution in [2.45, 2.75) is 20.8 Å². The zero-order valence-electron chi connectivity index (χ0n) is 14.9. The standard InChI is InChI=1S/C19H16Cl2N2O3S/c1-4-26-19(25)15-10(2)11(3)27-18(15)23-17(24)13(9-22)8-12-6-5-7-14(20)16(12)21/h5-8H,4H2,1-3H3,(H,23,24)/b13-8+. The number of aryl methyl sites for hydroxylation is 1. The third-order valence-electron chi connectivity index (χ3n) is 3.74. The van der Waals surface area contributed by atoms with Crippen LogP contribution in [0.25, 0.3) is 6.08 Å². The lowest BCUT2D eigenvalue weighted by Crippen LogP contribution is -2.16. The summed E-state index contributed by atoms with van der Waals surface area (Å²) in [5, 5.41) is 12.9. The lowest BCUT2D eigenvalue weighted by atomic mass is 10.1. The smallest absolute Gasteiger partial charge is 0.341 e. The summed E-state index contributed by atoms with van der Waals surface area (Å²) in [6, 6.07) is 6.76. The molecular weight excluding hydrogens is 407 g/mol. The van der Waals surface area contributed by atoms with Gasteiger partial charge in [0.25, 0.3) is 5.91 Å². The predicted molar refractivity (Wildman–Crippen MR) is 108 cm³/mol. The van der Waals surface area contributed by atoms with Crippen LogP contribution in [0.1, 0.15) is 33.3 Å². The summed E-state index contributed by atoms with van der Waals surface area (Å²) in [6.45, 7) is 5.54. The minimum atomic E-state index is -0.652. The molecule has 0 aliphatic rings. The van der Waals surface area contributed by atoms with E-state index in [1.54, 1.807) is 32.0 Å². The van der Waals surface area contributed by atoms with Crippen LogP contribution in [0.5, 0.6) is 0 Å². The fraction of sp³-hybridized carbons (Fsp3) is 0.211. The van der Waals surface area contributed by atoms with E-state index < -0.39 is 11.9 Å². The van der Waals surface area contributed by atoms with Crippen molar-refractivity contribution in [3.63, 3.8) is 0 Å². The number of halogens is 2. The lowest BCUT2D eigenvalue weighted by Gasteiger charge is -2.07. The van der Waals surface area contributed by atoms with Gasteiger partial charge in [0.05, 0.1) is 22.2 Å². The molecule has 0 spiro atoms. The second-order valence-corrected chi connectivity index (χ2v) is 7.48. The highest BCUT2D eigenvalue weighted by Gasteiger charge is 2.23. The topological polar surface area (TPSA) is 79.2 Å². The summed E-state index contributed by atoms with van der Waals surface area (Å²) in [7, 11) is 0. The van der Waals surface area contributed by atoms with Gasteiger partial charge in [-0.2, -0.15) is 5.26 Å². The van der Waals surface area contributed by atoms with Gasteiger partial charge in [-0.15, -0.1) is 11.3 Å². The summed E-state index contributed by atoms with van der Waals surface area (Å²) in [5.74, 6) is -1.17. The number of nitrogens with zero attached hydrogens (tertiary/aromatic N) is 1. The van der Waals surface area contributed by atoms with Gasteiger partial charge in [0.2, 0.25) is 0 Å². The maximum absolute atomic E-state index is 12.6. The molecule has 1 amide bonds. The first-order chi connectivity index (χ1) is 12.8. The van der Waals surface area contributed by atoms with E-state index in [2.05, 4.69) is 5.32 Å². The molecule has 0 aliphatic heterocycles. The molecule has 2 rings (SSSR count). The Kier molecular flexibility index (Phi) is 7.03. The number of hydrogen-bond donors (Lipinski definition) is 1. The first kappa shape index (κ1) is 21.0. The highest BCUT2D eigenvalue weighted by molar-refractivity contribution is 7.16. The predicted octanol–water partition coefficient (Wildman–Crippen LogP) is 5.39. The number of amides is 1. The van der Waals surface area contributed by atoms with Crippen molar-refractivity contribution in [3.8, 4) is 6.07 Å². The molecule has 5 nitrogen and oxygen atoms in total. The average Bonchev–Trinajstić information content (AvgIpc) is 2.90. The number of ether oxygens (including phenoxy) is 1. The Morgan fingerprint density at radius 3 is 2.67 bits per heavy atom. The molecule has 1 aromatic carbocycles. The highest BCUT2D eigenvalue weighted by Crippen LogP contribution is 2.33. The van der Waals surface area contributed by atoms with E-state index in [-0.39, 0.29) is 17.2 Å². The fourth-order valence-corrected chi connectivity index (χ4v) is 3.68. The fourth-order valence-electron chi connectivity index (χ4n) is 2.27. The first-order valence-electron chi connectivity index (χ1n) is 7.94. The van der Waals surface area contributed by atoms with Gasteiger partial charge in [0.1, 0.15) is 16.6 Å². The number of hydrogen-bond acceptors (Lipinski definition) is 5. The van der Waals surface area contributed by atoms with Crippen LogP contribution in [-0.4, -0.2) is 18.5 Å². The summed E-state index contributed by atoms with van der Waals surface area (Å²) in [4.78, 5) is 25.7. The number of carbonyl (C=O) groups excluding carboxylic acids is 2. The first-order valence-corrected chi connectivity index (χ1v) is 9.51. The summed E-state index contributed by atoms with van der Waals surface area (Å²) < 4.78 is 5.06. The van der Waals surface area contributed by atoms with E-state index >= 15 is 0 Å². The molecule has 2 aromatic rings. The molecule has 0 saturated heterocycles. The largest absolute Gasteiger partial charge is 0.462 e. The quantitative estimate of drug-likeness (QED) is 0.397. The Hall–Kier alpha value is -2.33. The van der Waals surface area contributed by atoms with Crippen molar-refractivity contribution in [1.29, 1.82) is 5.26 Å². The van der Waals surface area contributed by atoms with Crippen molar-refractivity contribution < 1.29 is 14.3 Å². The van der Waals surface area contributed by atoms with E-state index in [0.717, 1.165) is 10.4 Å². The number of thiophene rings is 1.